The van der Waals surface area contributed by atoms with Gasteiger partial charge in [-0.15, -0.1) is 0 Å². The van der Waals surface area contributed by atoms with Crippen LogP contribution in [0, 0.1) is 11.6 Å². The van der Waals surface area contributed by atoms with Gasteiger partial charge in [0.2, 0.25) is 0 Å². The lowest BCUT2D eigenvalue weighted by atomic mass is 9.98. The first-order chi connectivity index (χ1) is 16.3. The van der Waals surface area contributed by atoms with Crippen LogP contribution >= 0.6 is 0 Å². The van der Waals surface area contributed by atoms with Crippen LogP contribution in [0.25, 0.3) is 22.3 Å². The van der Waals surface area contributed by atoms with Crippen molar-refractivity contribution in [3.8, 4) is 28.0 Å². The average Bonchev–Trinajstić information content (AvgIpc) is 2.80. The summed E-state index contributed by atoms with van der Waals surface area (Å²) < 4.78 is 32.7. The minimum Gasteiger partial charge on any atom is -0.491 e. The van der Waals surface area contributed by atoms with Gasteiger partial charge in [-0.1, -0.05) is 24.3 Å². The highest BCUT2D eigenvalue weighted by Gasteiger charge is 2.14. The highest BCUT2D eigenvalue weighted by Crippen LogP contribution is 2.32. The molecule has 2 amide bonds. The van der Waals surface area contributed by atoms with Crippen molar-refractivity contribution in [3.05, 3.63) is 78.4 Å². The molecule has 0 aliphatic heterocycles. The zero-order valence-corrected chi connectivity index (χ0v) is 18.1. The van der Waals surface area contributed by atoms with Crippen molar-refractivity contribution in [2.75, 3.05) is 13.2 Å². The Morgan fingerprint density at radius 1 is 0.794 bits per heavy atom. The molecule has 7 nitrogen and oxygen atoms in total. The number of carbonyl (C=O) groups is 2. The molecule has 9 heteroatoms. The molecule has 34 heavy (non-hydrogen) atoms. The van der Waals surface area contributed by atoms with Crippen molar-refractivity contribution in [2.24, 2.45) is 0 Å². The number of nitrogens with one attached hydrogen (secondary N) is 2. The predicted molar refractivity (Wildman–Crippen MR) is 123 cm³/mol. The van der Waals surface area contributed by atoms with Gasteiger partial charge in [0.1, 0.15) is 24.0 Å². The fourth-order valence-electron chi connectivity index (χ4n) is 3.41. The molecule has 0 aliphatic rings. The number of hydrogen-bond donors (Lipinski definition) is 4. The van der Waals surface area contributed by atoms with Gasteiger partial charge in [-0.05, 0) is 77.6 Å². The van der Waals surface area contributed by atoms with E-state index in [0.29, 0.717) is 18.6 Å². The highest BCUT2D eigenvalue weighted by atomic mass is 19.1. The lowest BCUT2D eigenvalue weighted by molar-refractivity contribution is 0.177. The van der Waals surface area contributed by atoms with Crippen LogP contribution in [0.3, 0.4) is 0 Å². The van der Waals surface area contributed by atoms with Gasteiger partial charge in [0.15, 0.2) is 0 Å². The summed E-state index contributed by atoms with van der Waals surface area (Å²) in [6.07, 6.45) is -1.59. The van der Waals surface area contributed by atoms with Gasteiger partial charge in [-0.2, -0.15) is 0 Å². The number of carboxylic acid groups (broad SMARTS) is 2. The fourth-order valence-corrected chi connectivity index (χ4v) is 3.41. The maximum atomic E-state index is 13.4. The second kappa shape index (κ2) is 11.6. The minimum atomic E-state index is -1.22. The van der Waals surface area contributed by atoms with Gasteiger partial charge in [0, 0.05) is 6.54 Å². The molecule has 0 saturated heterocycles. The highest BCUT2D eigenvalue weighted by molar-refractivity contribution is 5.75. The number of hydrogen-bond acceptors (Lipinski definition) is 3. The molecule has 0 bridgehead atoms. The van der Waals surface area contributed by atoms with Crippen molar-refractivity contribution in [2.45, 2.75) is 18.9 Å². The zero-order chi connectivity index (χ0) is 24.5. The van der Waals surface area contributed by atoms with E-state index in [1.807, 2.05) is 6.07 Å². The minimum absolute atomic E-state index is 0.00903. The van der Waals surface area contributed by atoms with E-state index in [-0.39, 0.29) is 24.8 Å². The molecule has 4 N–H and O–H groups in total. The summed E-state index contributed by atoms with van der Waals surface area (Å²) in [5.74, 6) is -0.285. The fraction of sp³-hybridized carbons (Fsp3) is 0.200. The number of halogens is 2. The predicted octanol–water partition coefficient (Wildman–Crippen LogP) is 5.36. The van der Waals surface area contributed by atoms with E-state index < -0.39 is 18.2 Å². The topological polar surface area (TPSA) is 108 Å². The van der Waals surface area contributed by atoms with Gasteiger partial charge < -0.3 is 25.6 Å². The Hall–Kier alpha value is -4.14. The van der Waals surface area contributed by atoms with Crippen LogP contribution in [0.5, 0.6) is 5.75 Å². The third-order valence-electron chi connectivity index (χ3n) is 5.05. The Morgan fingerprint density at radius 2 is 1.32 bits per heavy atom. The Balaban J connectivity index is 1.83. The maximum absolute atomic E-state index is 13.4. The van der Waals surface area contributed by atoms with Crippen molar-refractivity contribution >= 4 is 12.2 Å². The van der Waals surface area contributed by atoms with Crippen LogP contribution in [0.4, 0.5) is 18.4 Å². The van der Waals surface area contributed by atoms with Gasteiger partial charge >= 0.3 is 12.2 Å². The van der Waals surface area contributed by atoms with E-state index >= 15 is 0 Å². The Morgan fingerprint density at radius 3 is 1.79 bits per heavy atom. The Labute approximate surface area is 195 Å². The first kappa shape index (κ1) is 24.5. The molecule has 0 aliphatic carbocycles. The molecular formula is C25H24F2N2O5. The molecule has 0 saturated carbocycles. The lowest BCUT2D eigenvalue weighted by Gasteiger charge is -2.19. The summed E-state index contributed by atoms with van der Waals surface area (Å²) in [4.78, 5) is 21.7. The monoisotopic (exact) mass is 470 g/mol. The van der Waals surface area contributed by atoms with Crippen LogP contribution in [-0.4, -0.2) is 41.6 Å². The average molecular weight is 470 g/mol. The van der Waals surface area contributed by atoms with Crippen molar-refractivity contribution in [3.63, 3.8) is 0 Å². The largest absolute Gasteiger partial charge is 0.491 e. The molecule has 0 radical (unpaired) electrons. The van der Waals surface area contributed by atoms with E-state index in [9.17, 15) is 18.4 Å². The first-order valence-electron chi connectivity index (χ1n) is 10.6. The normalized spacial score (nSPS) is 11.5. The molecule has 3 aromatic rings. The SMILES string of the molecule is O=C(O)NCCC[C@@H](COc1cc(-c2ccc(F)cc2)cc(-c2ccc(F)cc2)c1)NC(=O)O. The molecule has 178 valence electrons. The molecule has 3 aromatic carbocycles. The molecular weight excluding hydrogens is 446 g/mol. The molecule has 0 unspecified atom stereocenters. The molecule has 1 atom stereocenters. The summed E-state index contributed by atoms with van der Waals surface area (Å²) in [5, 5.41) is 22.4. The van der Waals surface area contributed by atoms with E-state index in [0.717, 1.165) is 22.3 Å². The quantitative estimate of drug-likeness (QED) is 0.298. The number of rotatable bonds is 10. The van der Waals surface area contributed by atoms with Crippen LogP contribution < -0.4 is 15.4 Å². The molecule has 0 aromatic heterocycles. The van der Waals surface area contributed by atoms with Gasteiger partial charge in [-0.25, -0.2) is 18.4 Å². The van der Waals surface area contributed by atoms with Gasteiger partial charge in [0.05, 0.1) is 6.04 Å². The van der Waals surface area contributed by atoms with Crippen LogP contribution in [-0.2, 0) is 0 Å². The van der Waals surface area contributed by atoms with Crippen molar-refractivity contribution in [1.29, 1.82) is 0 Å². The number of benzene rings is 3. The first-order valence-corrected chi connectivity index (χ1v) is 10.6. The van der Waals surface area contributed by atoms with E-state index in [1.54, 1.807) is 36.4 Å². The van der Waals surface area contributed by atoms with E-state index in [4.69, 9.17) is 14.9 Å². The second-order valence-corrected chi connectivity index (χ2v) is 7.59. The van der Waals surface area contributed by atoms with E-state index in [1.165, 1.54) is 24.3 Å². The summed E-state index contributed by atoms with van der Waals surface area (Å²) in [6.45, 7) is 0.191. The number of ether oxygens (including phenoxy) is 1. The molecule has 0 fully saturated rings. The molecule has 3 rings (SSSR count). The third-order valence-corrected chi connectivity index (χ3v) is 5.05. The third kappa shape index (κ3) is 7.47. The summed E-state index contributed by atoms with van der Waals surface area (Å²) in [6, 6.07) is 16.7. The lowest BCUT2D eigenvalue weighted by Crippen LogP contribution is -2.38. The maximum Gasteiger partial charge on any atom is 0.404 e. The standard InChI is InChI=1S/C25H24F2N2O5/c26-20-7-3-16(4-8-20)18-12-19(17-5-9-21(27)10-6-17)14-23(13-18)34-15-22(29-25(32)33)2-1-11-28-24(30)31/h3-10,12-14,22,28-29H,1-2,11,15H2,(H,30,31)(H,32,33)/t22-/m0/s1. The van der Waals surface area contributed by atoms with Crippen LogP contribution in [0.15, 0.2) is 66.7 Å². The zero-order valence-electron chi connectivity index (χ0n) is 18.1. The summed E-state index contributed by atoms with van der Waals surface area (Å²) in [5.41, 5.74) is 2.97. The second-order valence-electron chi connectivity index (χ2n) is 7.59. The van der Waals surface area contributed by atoms with Crippen LogP contribution in [0.1, 0.15) is 12.8 Å². The smallest absolute Gasteiger partial charge is 0.404 e. The van der Waals surface area contributed by atoms with E-state index in [2.05, 4.69) is 10.6 Å². The number of amides is 2. The van der Waals surface area contributed by atoms with Crippen molar-refractivity contribution < 1.29 is 33.3 Å². The van der Waals surface area contributed by atoms with Crippen molar-refractivity contribution in [1.82, 2.24) is 10.6 Å². The molecule has 0 spiro atoms. The van der Waals surface area contributed by atoms with Gasteiger partial charge in [-0.3, -0.25) is 0 Å². The van der Waals surface area contributed by atoms with Crippen LogP contribution in [0.2, 0.25) is 0 Å². The Kier molecular flexibility index (Phi) is 8.39. The summed E-state index contributed by atoms with van der Waals surface area (Å²) in [7, 11) is 0. The summed E-state index contributed by atoms with van der Waals surface area (Å²) >= 11 is 0. The van der Waals surface area contributed by atoms with Gasteiger partial charge in [0.25, 0.3) is 0 Å². The Bertz CT molecular complexity index is 1060. The molecule has 0 heterocycles.